The SMILES string of the molecule is Cc1ccc(Cl)cc1NC1CCC(C(C)(C)C)CC1. The van der Waals surface area contributed by atoms with Crippen molar-refractivity contribution >= 4 is 17.3 Å². The first-order valence-corrected chi connectivity index (χ1v) is 7.77. The van der Waals surface area contributed by atoms with Crippen LogP contribution in [0.2, 0.25) is 5.02 Å². The fraction of sp³-hybridized carbons (Fsp3) is 0.647. The maximum atomic E-state index is 6.08. The highest BCUT2D eigenvalue weighted by atomic mass is 35.5. The smallest absolute Gasteiger partial charge is 0.0426 e. The first-order chi connectivity index (χ1) is 8.86. The van der Waals surface area contributed by atoms with Crippen LogP contribution in [0.3, 0.4) is 0 Å². The van der Waals surface area contributed by atoms with Crippen LogP contribution in [0, 0.1) is 18.3 Å². The summed E-state index contributed by atoms with van der Waals surface area (Å²) < 4.78 is 0. The van der Waals surface area contributed by atoms with E-state index in [2.05, 4.69) is 39.1 Å². The van der Waals surface area contributed by atoms with E-state index in [1.54, 1.807) is 0 Å². The lowest BCUT2D eigenvalue weighted by Gasteiger charge is -2.37. The van der Waals surface area contributed by atoms with Crippen LogP contribution in [0.4, 0.5) is 5.69 Å². The summed E-state index contributed by atoms with van der Waals surface area (Å²) in [7, 11) is 0. The van der Waals surface area contributed by atoms with E-state index in [0.717, 1.165) is 10.9 Å². The van der Waals surface area contributed by atoms with E-state index < -0.39 is 0 Å². The predicted octanol–water partition coefficient (Wildman–Crippen LogP) is 5.67. The average Bonchev–Trinajstić information content (AvgIpc) is 2.33. The number of rotatable bonds is 2. The Labute approximate surface area is 122 Å². The lowest BCUT2D eigenvalue weighted by Crippen LogP contribution is -2.31. The van der Waals surface area contributed by atoms with Crippen LogP contribution < -0.4 is 5.32 Å². The molecular formula is C17H26ClN. The van der Waals surface area contributed by atoms with Gasteiger partial charge in [-0.3, -0.25) is 0 Å². The highest BCUT2D eigenvalue weighted by Gasteiger charge is 2.29. The van der Waals surface area contributed by atoms with Crippen LogP contribution in [0.15, 0.2) is 18.2 Å². The molecule has 0 heterocycles. The van der Waals surface area contributed by atoms with Gasteiger partial charge in [-0.2, -0.15) is 0 Å². The van der Waals surface area contributed by atoms with Crippen LogP contribution in [0.1, 0.15) is 52.0 Å². The number of anilines is 1. The molecule has 1 aromatic rings. The van der Waals surface area contributed by atoms with Crippen LogP contribution >= 0.6 is 11.6 Å². The summed E-state index contributed by atoms with van der Waals surface area (Å²) in [6, 6.07) is 6.70. The third-order valence-corrected chi connectivity index (χ3v) is 4.75. The van der Waals surface area contributed by atoms with Gasteiger partial charge in [-0.1, -0.05) is 38.4 Å². The van der Waals surface area contributed by atoms with Gasteiger partial charge in [0.2, 0.25) is 0 Å². The molecule has 0 aromatic heterocycles. The quantitative estimate of drug-likeness (QED) is 0.736. The van der Waals surface area contributed by atoms with Crippen molar-refractivity contribution in [3.05, 3.63) is 28.8 Å². The Bertz CT molecular complexity index is 425. The molecule has 106 valence electrons. The van der Waals surface area contributed by atoms with E-state index in [1.165, 1.54) is 36.9 Å². The fourth-order valence-corrected chi connectivity index (χ4v) is 3.25. The number of aryl methyl sites for hydroxylation is 1. The lowest BCUT2D eigenvalue weighted by molar-refractivity contribution is 0.173. The van der Waals surface area contributed by atoms with E-state index in [4.69, 9.17) is 11.6 Å². The van der Waals surface area contributed by atoms with Crippen molar-refractivity contribution in [2.24, 2.45) is 11.3 Å². The van der Waals surface area contributed by atoms with Crippen molar-refractivity contribution in [1.82, 2.24) is 0 Å². The highest BCUT2D eigenvalue weighted by Crippen LogP contribution is 2.38. The molecular weight excluding hydrogens is 254 g/mol. The maximum absolute atomic E-state index is 6.08. The Morgan fingerprint density at radius 2 is 1.74 bits per heavy atom. The molecule has 1 nitrogen and oxygen atoms in total. The third-order valence-electron chi connectivity index (χ3n) is 4.51. The zero-order valence-electron chi connectivity index (χ0n) is 12.6. The fourth-order valence-electron chi connectivity index (χ4n) is 3.07. The average molecular weight is 280 g/mol. The number of halogens is 1. The number of hydrogen-bond acceptors (Lipinski definition) is 1. The van der Waals surface area contributed by atoms with Crippen molar-refractivity contribution in [2.75, 3.05) is 5.32 Å². The van der Waals surface area contributed by atoms with E-state index in [-0.39, 0.29) is 0 Å². The Kier molecular flexibility index (Phi) is 4.45. The summed E-state index contributed by atoms with van der Waals surface area (Å²) in [6.45, 7) is 9.24. The van der Waals surface area contributed by atoms with Gasteiger partial charge in [-0.15, -0.1) is 0 Å². The van der Waals surface area contributed by atoms with Crippen LogP contribution in [0.25, 0.3) is 0 Å². The summed E-state index contributed by atoms with van der Waals surface area (Å²) in [6.07, 6.45) is 5.21. The zero-order valence-corrected chi connectivity index (χ0v) is 13.3. The van der Waals surface area contributed by atoms with E-state index in [9.17, 15) is 0 Å². The molecule has 0 atom stereocenters. The Hall–Kier alpha value is -0.690. The van der Waals surface area contributed by atoms with Crippen LogP contribution in [-0.2, 0) is 0 Å². The molecule has 0 spiro atoms. The maximum Gasteiger partial charge on any atom is 0.0426 e. The lowest BCUT2D eigenvalue weighted by atomic mass is 9.71. The van der Waals surface area contributed by atoms with E-state index in [1.807, 2.05) is 12.1 Å². The summed E-state index contributed by atoms with van der Waals surface area (Å²) in [5.74, 6) is 0.867. The van der Waals surface area contributed by atoms with Gasteiger partial charge in [0.25, 0.3) is 0 Å². The van der Waals surface area contributed by atoms with Crippen LogP contribution in [0.5, 0.6) is 0 Å². The molecule has 1 aliphatic carbocycles. The molecule has 2 rings (SSSR count). The first-order valence-electron chi connectivity index (χ1n) is 7.39. The molecule has 1 aliphatic rings. The monoisotopic (exact) mass is 279 g/mol. The molecule has 0 radical (unpaired) electrons. The minimum atomic E-state index is 0.455. The van der Waals surface area contributed by atoms with Gasteiger partial charge in [0, 0.05) is 16.8 Å². The van der Waals surface area contributed by atoms with E-state index >= 15 is 0 Å². The molecule has 0 saturated heterocycles. The summed E-state index contributed by atoms with van der Waals surface area (Å²) in [5, 5.41) is 4.49. The molecule has 0 bridgehead atoms. The Morgan fingerprint density at radius 3 is 2.32 bits per heavy atom. The normalized spacial score (nSPS) is 24.3. The van der Waals surface area contributed by atoms with Gasteiger partial charge in [0.15, 0.2) is 0 Å². The Balaban J connectivity index is 1.94. The van der Waals surface area contributed by atoms with Crippen molar-refractivity contribution in [2.45, 2.75) is 59.4 Å². The molecule has 0 aliphatic heterocycles. The van der Waals surface area contributed by atoms with Gasteiger partial charge in [-0.25, -0.2) is 0 Å². The third kappa shape index (κ3) is 3.89. The molecule has 1 fully saturated rings. The van der Waals surface area contributed by atoms with E-state index in [0.29, 0.717) is 11.5 Å². The minimum absolute atomic E-state index is 0.455. The molecule has 1 aromatic carbocycles. The van der Waals surface area contributed by atoms with Crippen molar-refractivity contribution in [1.29, 1.82) is 0 Å². The second kappa shape index (κ2) is 5.75. The topological polar surface area (TPSA) is 12.0 Å². The summed E-state index contributed by atoms with van der Waals surface area (Å²) in [5.41, 5.74) is 2.94. The first kappa shape index (κ1) is 14.7. The second-order valence-electron chi connectivity index (χ2n) is 7.02. The van der Waals surface area contributed by atoms with Gasteiger partial charge < -0.3 is 5.32 Å². The van der Waals surface area contributed by atoms with Gasteiger partial charge in [0.05, 0.1) is 0 Å². The molecule has 0 unspecified atom stereocenters. The van der Waals surface area contributed by atoms with Gasteiger partial charge in [-0.05, 0) is 61.6 Å². The number of hydrogen-bond donors (Lipinski definition) is 1. The predicted molar refractivity (Wildman–Crippen MR) is 85.0 cm³/mol. The summed E-state index contributed by atoms with van der Waals surface area (Å²) in [4.78, 5) is 0. The Morgan fingerprint density at radius 1 is 1.11 bits per heavy atom. The number of nitrogens with one attached hydrogen (secondary N) is 1. The van der Waals surface area contributed by atoms with Crippen molar-refractivity contribution < 1.29 is 0 Å². The molecule has 19 heavy (non-hydrogen) atoms. The standard InChI is InChI=1S/C17H26ClN/c1-12-5-8-14(18)11-16(12)19-15-9-6-13(7-10-15)17(2,3)4/h5,8,11,13,15,19H,6-7,9-10H2,1-4H3. The second-order valence-corrected chi connectivity index (χ2v) is 7.45. The molecule has 1 saturated carbocycles. The van der Waals surface area contributed by atoms with Gasteiger partial charge in [0.1, 0.15) is 0 Å². The van der Waals surface area contributed by atoms with Crippen LogP contribution in [-0.4, -0.2) is 6.04 Å². The van der Waals surface area contributed by atoms with Crippen molar-refractivity contribution in [3.63, 3.8) is 0 Å². The highest BCUT2D eigenvalue weighted by molar-refractivity contribution is 6.30. The molecule has 1 N–H and O–H groups in total. The minimum Gasteiger partial charge on any atom is -0.382 e. The molecule has 2 heteroatoms. The van der Waals surface area contributed by atoms with Crippen molar-refractivity contribution in [3.8, 4) is 0 Å². The largest absolute Gasteiger partial charge is 0.382 e. The number of benzene rings is 1. The molecule has 0 amide bonds. The van der Waals surface area contributed by atoms with Gasteiger partial charge >= 0.3 is 0 Å². The zero-order chi connectivity index (χ0) is 14.0. The summed E-state index contributed by atoms with van der Waals surface area (Å²) >= 11 is 6.08.